The topological polar surface area (TPSA) is 70.7 Å². The van der Waals surface area contributed by atoms with Gasteiger partial charge in [-0.25, -0.2) is 4.68 Å². The Kier molecular flexibility index (Phi) is 5.17. The van der Waals surface area contributed by atoms with Crippen molar-refractivity contribution in [3.63, 3.8) is 0 Å². The third-order valence-electron chi connectivity index (χ3n) is 3.54. The molecule has 0 saturated carbocycles. The second-order valence-corrected chi connectivity index (χ2v) is 6.46. The number of aromatic nitrogens is 2. The van der Waals surface area contributed by atoms with Gasteiger partial charge in [0.2, 0.25) is 5.91 Å². The molecule has 0 bridgehead atoms. The Bertz CT molecular complexity index is 911. The quantitative estimate of drug-likeness (QED) is 0.712. The molecular formula is C19H16N4OS. The van der Waals surface area contributed by atoms with E-state index >= 15 is 0 Å². The largest absolute Gasteiger partial charge is 0.309 e. The van der Waals surface area contributed by atoms with Gasteiger partial charge in [0, 0.05) is 4.90 Å². The Balaban J connectivity index is 1.73. The second-order valence-electron chi connectivity index (χ2n) is 5.42. The lowest BCUT2D eigenvalue weighted by Crippen LogP contribution is -2.17. The number of benzene rings is 2. The summed E-state index contributed by atoms with van der Waals surface area (Å²) in [5, 5.41) is 16.3. The van der Waals surface area contributed by atoms with Crippen LogP contribution in [0.1, 0.15) is 11.1 Å². The number of carbonyl (C=O) groups excluding carboxylic acids is 1. The molecule has 6 heteroatoms. The van der Waals surface area contributed by atoms with Crippen molar-refractivity contribution < 1.29 is 4.79 Å². The summed E-state index contributed by atoms with van der Waals surface area (Å²) in [6, 6.07) is 19.5. The van der Waals surface area contributed by atoms with E-state index in [4.69, 9.17) is 0 Å². The minimum absolute atomic E-state index is 0.181. The summed E-state index contributed by atoms with van der Waals surface area (Å²) < 4.78 is 1.56. The number of hydrogen-bond acceptors (Lipinski definition) is 4. The number of nitriles is 1. The fraction of sp³-hybridized carbons (Fsp3) is 0.105. The van der Waals surface area contributed by atoms with Gasteiger partial charge in [0.05, 0.1) is 17.6 Å². The molecule has 3 rings (SSSR count). The van der Waals surface area contributed by atoms with E-state index in [9.17, 15) is 10.1 Å². The van der Waals surface area contributed by atoms with E-state index in [0.717, 1.165) is 10.6 Å². The van der Waals surface area contributed by atoms with Gasteiger partial charge in [0.1, 0.15) is 11.6 Å². The number of para-hydroxylation sites is 1. The number of rotatable bonds is 5. The highest BCUT2D eigenvalue weighted by atomic mass is 32.2. The van der Waals surface area contributed by atoms with Gasteiger partial charge < -0.3 is 5.32 Å². The molecule has 2 aromatic carbocycles. The number of hydrogen-bond donors (Lipinski definition) is 1. The zero-order valence-electron chi connectivity index (χ0n) is 13.6. The van der Waals surface area contributed by atoms with Crippen LogP contribution in [0.15, 0.2) is 65.7 Å². The van der Waals surface area contributed by atoms with Gasteiger partial charge >= 0.3 is 0 Å². The lowest BCUT2D eigenvalue weighted by molar-refractivity contribution is -0.113. The summed E-state index contributed by atoms with van der Waals surface area (Å²) in [4.78, 5) is 13.3. The van der Waals surface area contributed by atoms with Crippen LogP contribution in [0.5, 0.6) is 0 Å². The van der Waals surface area contributed by atoms with E-state index in [2.05, 4.69) is 16.5 Å². The molecule has 0 aliphatic carbocycles. The number of anilines is 1. The maximum Gasteiger partial charge on any atom is 0.235 e. The minimum atomic E-state index is -0.181. The first-order valence-electron chi connectivity index (χ1n) is 7.70. The Hall–Kier alpha value is -3.04. The number of carbonyl (C=O) groups is 1. The smallest absolute Gasteiger partial charge is 0.235 e. The standard InChI is InChI=1S/C19H16N4OS/c1-14-7-9-17(10-8-14)25-13-18(24)22-19-15(11-20)12-21-23(19)16-5-3-2-4-6-16/h2-10,12H,13H2,1H3,(H,22,24). The summed E-state index contributed by atoms with van der Waals surface area (Å²) in [5.74, 6) is 0.469. The Morgan fingerprint density at radius 3 is 2.60 bits per heavy atom. The lowest BCUT2D eigenvalue weighted by atomic mass is 10.2. The molecular weight excluding hydrogens is 332 g/mol. The number of amides is 1. The molecule has 5 nitrogen and oxygen atoms in total. The molecule has 25 heavy (non-hydrogen) atoms. The van der Waals surface area contributed by atoms with Crippen LogP contribution >= 0.6 is 11.8 Å². The average Bonchev–Trinajstić information content (AvgIpc) is 3.04. The predicted molar refractivity (Wildman–Crippen MR) is 98.8 cm³/mol. The summed E-state index contributed by atoms with van der Waals surface area (Å²) >= 11 is 1.45. The van der Waals surface area contributed by atoms with Gasteiger partial charge in [-0.15, -0.1) is 11.8 Å². The third-order valence-corrected chi connectivity index (χ3v) is 4.55. The van der Waals surface area contributed by atoms with Gasteiger partial charge in [-0.2, -0.15) is 10.4 Å². The molecule has 0 saturated heterocycles. The van der Waals surface area contributed by atoms with E-state index < -0.39 is 0 Å². The molecule has 124 valence electrons. The van der Waals surface area contributed by atoms with Crippen molar-refractivity contribution in [3.05, 3.63) is 71.9 Å². The van der Waals surface area contributed by atoms with Crippen molar-refractivity contribution in [3.8, 4) is 11.8 Å². The van der Waals surface area contributed by atoms with Crippen LogP contribution in [0.4, 0.5) is 5.82 Å². The summed E-state index contributed by atoms with van der Waals surface area (Å²) in [7, 11) is 0. The van der Waals surface area contributed by atoms with Crippen LogP contribution in [0.3, 0.4) is 0 Å². The molecule has 1 heterocycles. The van der Waals surface area contributed by atoms with Crippen molar-refractivity contribution in [2.45, 2.75) is 11.8 Å². The number of thioether (sulfide) groups is 1. The molecule has 1 aromatic heterocycles. The minimum Gasteiger partial charge on any atom is -0.309 e. The molecule has 0 spiro atoms. The van der Waals surface area contributed by atoms with E-state index in [1.807, 2.05) is 61.5 Å². The molecule has 3 aromatic rings. The zero-order valence-corrected chi connectivity index (χ0v) is 14.5. The first kappa shape index (κ1) is 16.8. The number of nitrogens with zero attached hydrogens (tertiary/aromatic N) is 3. The van der Waals surface area contributed by atoms with E-state index in [0.29, 0.717) is 11.4 Å². The van der Waals surface area contributed by atoms with Gasteiger partial charge in [-0.1, -0.05) is 35.9 Å². The molecule has 0 radical (unpaired) electrons. The van der Waals surface area contributed by atoms with Crippen molar-refractivity contribution in [2.24, 2.45) is 0 Å². The second kappa shape index (κ2) is 7.69. The Morgan fingerprint density at radius 1 is 1.20 bits per heavy atom. The maximum atomic E-state index is 12.3. The molecule has 0 unspecified atom stereocenters. The van der Waals surface area contributed by atoms with Crippen molar-refractivity contribution in [1.82, 2.24) is 9.78 Å². The van der Waals surface area contributed by atoms with Crippen molar-refractivity contribution >= 4 is 23.5 Å². The summed E-state index contributed by atoms with van der Waals surface area (Å²) in [6.07, 6.45) is 1.45. The van der Waals surface area contributed by atoms with E-state index in [1.54, 1.807) is 4.68 Å². The van der Waals surface area contributed by atoms with Crippen LogP contribution in [0, 0.1) is 18.3 Å². The summed E-state index contributed by atoms with van der Waals surface area (Å²) in [5.41, 5.74) is 2.29. The third kappa shape index (κ3) is 4.08. The fourth-order valence-electron chi connectivity index (χ4n) is 2.27. The van der Waals surface area contributed by atoms with E-state index in [1.165, 1.54) is 23.5 Å². The molecule has 0 fully saturated rings. The van der Waals surface area contributed by atoms with Gasteiger partial charge in [0.25, 0.3) is 0 Å². The van der Waals surface area contributed by atoms with Crippen LogP contribution < -0.4 is 5.32 Å². The Morgan fingerprint density at radius 2 is 1.92 bits per heavy atom. The van der Waals surface area contributed by atoms with Gasteiger partial charge in [-0.05, 0) is 31.2 Å². The fourth-order valence-corrected chi connectivity index (χ4v) is 2.97. The molecule has 0 atom stereocenters. The molecule has 0 aliphatic heterocycles. The van der Waals surface area contributed by atoms with Crippen molar-refractivity contribution in [2.75, 3.05) is 11.1 Å². The zero-order chi connectivity index (χ0) is 17.6. The highest BCUT2D eigenvalue weighted by molar-refractivity contribution is 8.00. The van der Waals surface area contributed by atoms with Gasteiger partial charge in [0.15, 0.2) is 5.82 Å². The first-order chi connectivity index (χ1) is 12.2. The number of nitrogens with one attached hydrogen (secondary N) is 1. The van der Waals surface area contributed by atoms with Crippen molar-refractivity contribution in [1.29, 1.82) is 5.26 Å². The predicted octanol–water partition coefficient (Wildman–Crippen LogP) is 3.78. The van der Waals surface area contributed by atoms with Crippen LogP contribution in [-0.4, -0.2) is 21.4 Å². The Labute approximate surface area is 150 Å². The highest BCUT2D eigenvalue weighted by Gasteiger charge is 2.15. The SMILES string of the molecule is Cc1ccc(SCC(=O)Nc2c(C#N)cnn2-c2ccccc2)cc1. The lowest BCUT2D eigenvalue weighted by Gasteiger charge is -2.09. The average molecular weight is 348 g/mol. The maximum absolute atomic E-state index is 12.3. The van der Waals surface area contributed by atoms with Gasteiger partial charge in [-0.3, -0.25) is 4.79 Å². The highest BCUT2D eigenvalue weighted by Crippen LogP contribution is 2.22. The van der Waals surface area contributed by atoms with Crippen LogP contribution in [-0.2, 0) is 4.79 Å². The molecule has 1 N–H and O–H groups in total. The van der Waals surface area contributed by atoms with Crippen LogP contribution in [0.25, 0.3) is 5.69 Å². The first-order valence-corrected chi connectivity index (χ1v) is 8.69. The normalized spacial score (nSPS) is 10.2. The van der Waals surface area contributed by atoms with E-state index in [-0.39, 0.29) is 11.7 Å². The van der Waals surface area contributed by atoms with Crippen LogP contribution in [0.2, 0.25) is 0 Å². The molecule has 1 amide bonds. The monoisotopic (exact) mass is 348 g/mol. The summed E-state index contributed by atoms with van der Waals surface area (Å²) in [6.45, 7) is 2.02. The molecule has 0 aliphatic rings. The number of aryl methyl sites for hydroxylation is 1.